The molecule has 0 unspecified atom stereocenters. The van der Waals surface area contributed by atoms with E-state index in [0.717, 1.165) is 23.9 Å². The van der Waals surface area contributed by atoms with Crippen molar-refractivity contribution in [2.24, 2.45) is 11.8 Å². The highest BCUT2D eigenvalue weighted by atomic mass is 15.1. The van der Waals surface area contributed by atoms with Crippen LogP contribution in [0.5, 0.6) is 0 Å². The van der Waals surface area contributed by atoms with Gasteiger partial charge in [0.25, 0.3) is 0 Å². The van der Waals surface area contributed by atoms with Crippen LogP contribution in [0.1, 0.15) is 33.1 Å². The summed E-state index contributed by atoms with van der Waals surface area (Å²) < 4.78 is 2.34. The minimum absolute atomic E-state index is 0.767. The maximum Gasteiger partial charge on any atom is 0.0958 e. The molecule has 3 heteroatoms. The third kappa shape index (κ3) is 3.65. The zero-order chi connectivity index (χ0) is 14.7. The fourth-order valence-electron chi connectivity index (χ4n) is 3.38. The Kier molecular flexibility index (Phi) is 4.59. The molecule has 0 bridgehead atoms. The number of para-hydroxylation sites is 2. The first-order chi connectivity index (χ1) is 10.2. The summed E-state index contributed by atoms with van der Waals surface area (Å²) in [5.74, 6) is 1.58. The number of likely N-dealkylation sites (tertiary alicyclic amines) is 1. The summed E-state index contributed by atoms with van der Waals surface area (Å²) in [6, 6.07) is 8.45. The van der Waals surface area contributed by atoms with E-state index >= 15 is 0 Å². The molecule has 3 nitrogen and oxygen atoms in total. The average molecular weight is 285 g/mol. The van der Waals surface area contributed by atoms with Crippen molar-refractivity contribution < 1.29 is 0 Å². The predicted octanol–water partition coefficient (Wildman–Crippen LogP) is 3.79. The fraction of sp³-hybridized carbons (Fsp3) is 0.611. The summed E-state index contributed by atoms with van der Waals surface area (Å²) in [4.78, 5) is 7.17. The van der Waals surface area contributed by atoms with Crippen LogP contribution in [-0.4, -0.2) is 34.1 Å². The number of fused-ring (bicyclic) bond motifs is 1. The second-order valence-corrected chi connectivity index (χ2v) is 6.88. The Bertz CT molecular complexity index is 573. The number of hydrogen-bond acceptors (Lipinski definition) is 2. The van der Waals surface area contributed by atoms with E-state index in [4.69, 9.17) is 0 Å². The maximum absolute atomic E-state index is 4.51. The summed E-state index contributed by atoms with van der Waals surface area (Å²) in [5, 5.41) is 0. The second-order valence-electron chi connectivity index (χ2n) is 6.88. The minimum Gasteiger partial charge on any atom is -0.330 e. The Morgan fingerprint density at radius 1 is 1.29 bits per heavy atom. The van der Waals surface area contributed by atoms with E-state index in [1.54, 1.807) is 0 Å². The van der Waals surface area contributed by atoms with Crippen LogP contribution in [0.4, 0.5) is 0 Å². The molecular weight excluding hydrogens is 258 g/mol. The molecule has 21 heavy (non-hydrogen) atoms. The van der Waals surface area contributed by atoms with Crippen LogP contribution < -0.4 is 0 Å². The lowest BCUT2D eigenvalue weighted by atomic mass is 9.97. The van der Waals surface area contributed by atoms with Gasteiger partial charge in [0.05, 0.1) is 17.4 Å². The van der Waals surface area contributed by atoms with Gasteiger partial charge in [0.15, 0.2) is 0 Å². The zero-order valence-electron chi connectivity index (χ0n) is 13.3. The number of piperidine rings is 1. The van der Waals surface area contributed by atoms with Crippen molar-refractivity contribution >= 4 is 11.0 Å². The van der Waals surface area contributed by atoms with Crippen LogP contribution in [0, 0.1) is 11.8 Å². The molecular formula is C18H27N3. The highest BCUT2D eigenvalue weighted by Crippen LogP contribution is 2.21. The first kappa shape index (κ1) is 14.6. The molecule has 0 radical (unpaired) electrons. The molecule has 1 atom stereocenters. The Labute approximate surface area is 128 Å². The highest BCUT2D eigenvalue weighted by molar-refractivity contribution is 5.74. The predicted molar refractivity (Wildman–Crippen MR) is 88.4 cm³/mol. The molecule has 0 spiro atoms. The van der Waals surface area contributed by atoms with Crippen molar-refractivity contribution in [2.45, 2.75) is 39.7 Å². The molecule has 0 aliphatic carbocycles. The van der Waals surface area contributed by atoms with Crippen molar-refractivity contribution in [1.29, 1.82) is 0 Å². The number of benzene rings is 1. The first-order valence-corrected chi connectivity index (χ1v) is 8.34. The van der Waals surface area contributed by atoms with Gasteiger partial charge in [0.1, 0.15) is 0 Å². The molecule has 1 saturated heterocycles. The van der Waals surface area contributed by atoms with Gasteiger partial charge in [-0.3, -0.25) is 0 Å². The largest absolute Gasteiger partial charge is 0.330 e. The first-order valence-electron chi connectivity index (χ1n) is 8.34. The van der Waals surface area contributed by atoms with Crippen LogP contribution >= 0.6 is 0 Å². The Morgan fingerprint density at radius 2 is 2.14 bits per heavy atom. The Morgan fingerprint density at radius 3 is 3.00 bits per heavy atom. The van der Waals surface area contributed by atoms with E-state index in [-0.39, 0.29) is 0 Å². The normalized spacial score (nSPS) is 20.4. The SMILES string of the molecule is CC(C)CCN1CCC[C@H](Cn2cnc3ccccc32)C1. The van der Waals surface area contributed by atoms with Crippen molar-refractivity contribution in [2.75, 3.05) is 19.6 Å². The molecule has 3 rings (SSSR count). The lowest BCUT2D eigenvalue weighted by molar-refractivity contribution is 0.157. The third-order valence-corrected chi connectivity index (χ3v) is 4.61. The molecule has 1 aliphatic rings. The van der Waals surface area contributed by atoms with E-state index in [0.29, 0.717) is 0 Å². The summed E-state index contributed by atoms with van der Waals surface area (Å²) in [6.45, 7) is 9.54. The topological polar surface area (TPSA) is 21.1 Å². The van der Waals surface area contributed by atoms with Crippen molar-refractivity contribution in [3.05, 3.63) is 30.6 Å². The van der Waals surface area contributed by atoms with Gasteiger partial charge in [0.2, 0.25) is 0 Å². The molecule has 2 heterocycles. The van der Waals surface area contributed by atoms with Crippen molar-refractivity contribution in [3.63, 3.8) is 0 Å². The molecule has 1 aromatic carbocycles. The minimum atomic E-state index is 0.767. The lowest BCUT2D eigenvalue weighted by Gasteiger charge is -2.33. The fourth-order valence-corrected chi connectivity index (χ4v) is 3.38. The third-order valence-electron chi connectivity index (χ3n) is 4.61. The van der Waals surface area contributed by atoms with Gasteiger partial charge in [-0.25, -0.2) is 4.98 Å². The van der Waals surface area contributed by atoms with Crippen LogP contribution in [0.25, 0.3) is 11.0 Å². The van der Waals surface area contributed by atoms with Crippen molar-refractivity contribution in [1.82, 2.24) is 14.5 Å². The van der Waals surface area contributed by atoms with Gasteiger partial charge < -0.3 is 9.47 Å². The summed E-state index contributed by atoms with van der Waals surface area (Å²) >= 11 is 0. The van der Waals surface area contributed by atoms with Gasteiger partial charge in [0, 0.05) is 13.1 Å². The van der Waals surface area contributed by atoms with Crippen LogP contribution in [0.3, 0.4) is 0 Å². The van der Waals surface area contributed by atoms with E-state index < -0.39 is 0 Å². The van der Waals surface area contributed by atoms with Crippen LogP contribution in [0.15, 0.2) is 30.6 Å². The van der Waals surface area contributed by atoms with Gasteiger partial charge in [-0.05, 0) is 56.3 Å². The van der Waals surface area contributed by atoms with E-state index in [1.165, 1.54) is 44.4 Å². The lowest BCUT2D eigenvalue weighted by Crippen LogP contribution is -2.37. The maximum atomic E-state index is 4.51. The zero-order valence-corrected chi connectivity index (χ0v) is 13.3. The summed E-state index contributed by atoms with van der Waals surface area (Å²) in [6.07, 6.45) is 6.03. The quantitative estimate of drug-likeness (QED) is 0.833. The number of imidazole rings is 1. The molecule has 2 aromatic rings. The standard InChI is InChI=1S/C18H27N3/c1-15(2)9-11-20-10-5-6-16(12-20)13-21-14-19-17-7-3-4-8-18(17)21/h3-4,7-8,14-16H,5-6,9-13H2,1-2H3/t16-/m0/s1. The second kappa shape index (κ2) is 6.61. The number of nitrogens with zero attached hydrogens (tertiary/aromatic N) is 3. The number of aromatic nitrogens is 2. The van der Waals surface area contributed by atoms with Crippen LogP contribution in [0.2, 0.25) is 0 Å². The molecule has 1 aliphatic heterocycles. The number of hydrogen-bond donors (Lipinski definition) is 0. The van der Waals surface area contributed by atoms with Crippen molar-refractivity contribution in [3.8, 4) is 0 Å². The Hall–Kier alpha value is -1.35. The Balaban J connectivity index is 1.62. The van der Waals surface area contributed by atoms with Gasteiger partial charge in [-0.1, -0.05) is 26.0 Å². The van der Waals surface area contributed by atoms with Gasteiger partial charge >= 0.3 is 0 Å². The molecule has 0 amide bonds. The average Bonchev–Trinajstić information content (AvgIpc) is 2.89. The van der Waals surface area contributed by atoms with Gasteiger partial charge in [-0.15, -0.1) is 0 Å². The highest BCUT2D eigenvalue weighted by Gasteiger charge is 2.20. The van der Waals surface area contributed by atoms with E-state index in [9.17, 15) is 0 Å². The van der Waals surface area contributed by atoms with Gasteiger partial charge in [-0.2, -0.15) is 0 Å². The van der Waals surface area contributed by atoms with E-state index in [1.807, 2.05) is 6.33 Å². The smallest absolute Gasteiger partial charge is 0.0958 e. The molecule has 0 saturated carbocycles. The van der Waals surface area contributed by atoms with Crippen LogP contribution in [-0.2, 0) is 6.54 Å². The summed E-state index contributed by atoms with van der Waals surface area (Å²) in [7, 11) is 0. The number of rotatable bonds is 5. The molecule has 1 aromatic heterocycles. The monoisotopic (exact) mass is 285 g/mol. The molecule has 114 valence electrons. The molecule has 0 N–H and O–H groups in total. The molecule has 1 fully saturated rings. The summed E-state index contributed by atoms with van der Waals surface area (Å²) in [5.41, 5.74) is 2.39. The van der Waals surface area contributed by atoms with E-state index in [2.05, 4.69) is 52.6 Å².